The highest BCUT2D eigenvalue weighted by Gasteiger charge is 2.20. The summed E-state index contributed by atoms with van der Waals surface area (Å²) in [6, 6.07) is 4.14. The van der Waals surface area contributed by atoms with Gasteiger partial charge in [0.25, 0.3) is 0 Å². The second-order valence-electron chi connectivity index (χ2n) is 3.99. The third kappa shape index (κ3) is 1.93. The standard InChI is InChI=1S/C12H18N2O2/c1-15-11-6-8(10-4-3-5-14-10)9(13)7-12(11)16-2/h6-7,10,14H,3-5,13H2,1-2H3/t10-/m0/s1. The number of hydrogen-bond acceptors (Lipinski definition) is 4. The number of nitrogens with two attached hydrogens (primary N) is 1. The maximum Gasteiger partial charge on any atom is 0.162 e. The Kier molecular flexibility index (Phi) is 3.19. The van der Waals surface area contributed by atoms with E-state index in [1.54, 1.807) is 14.2 Å². The van der Waals surface area contributed by atoms with Crippen LogP contribution in [0.15, 0.2) is 12.1 Å². The number of hydrogen-bond donors (Lipinski definition) is 2. The average molecular weight is 222 g/mol. The highest BCUT2D eigenvalue weighted by Crippen LogP contribution is 2.36. The highest BCUT2D eigenvalue weighted by atomic mass is 16.5. The molecule has 0 aromatic heterocycles. The normalized spacial score (nSPS) is 19.8. The summed E-state index contributed by atoms with van der Waals surface area (Å²) < 4.78 is 10.5. The molecule has 1 aromatic carbocycles. The van der Waals surface area contributed by atoms with E-state index in [9.17, 15) is 0 Å². The Morgan fingerprint density at radius 1 is 1.25 bits per heavy atom. The zero-order valence-corrected chi connectivity index (χ0v) is 9.75. The van der Waals surface area contributed by atoms with Crippen LogP contribution in [0, 0.1) is 0 Å². The van der Waals surface area contributed by atoms with Crippen molar-refractivity contribution in [2.24, 2.45) is 0 Å². The van der Waals surface area contributed by atoms with Crippen LogP contribution >= 0.6 is 0 Å². The molecule has 1 aliphatic heterocycles. The number of anilines is 1. The van der Waals surface area contributed by atoms with Gasteiger partial charge < -0.3 is 20.5 Å². The number of nitrogens with one attached hydrogen (secondary N) is 1. The van der Waals surface area contributed by atoms with Gasteiger partial charge in [-0.25, -0.2) is 0 Å². The quantitative estimate of drug-likeness (QED) is 0.764. The summed E-state index contributed by atoms with van der Waals surface area (Å²) in [4.78, 5) is 0. The first kappa shape index (κ1) is 11.1. The zero-order chi connectivity index (χ0) is 11.5. The molecular weight excluding hydrogens is 204 g/mol. The van der Waals surface area contributed by atoms with E-state index in [4.69, 9.17) is 15.2 Å². The molecular formula is C12H18N2O2. The van der Waals surface area contributed by atoms with Crippen molar-refractivity contribution in [1.82, 2.24) is 5.32 Å². The van der Waals surface area contributed by atoms with E-state index in [-0.39, 0.29) is 0 Å². The van der Waals surface area contributed by atoms with E-state index in [0.717, 1.165) is 30.0 Å². The van der Waals surface area contributed by atoms with Crippen molar-refractivity contribution < 1.29 is 9.47 Å². The first-order valence-corrected chi connectivity index (χ1v) is 5.51. The molecule has 1 saturated heterocycles. The van der Waals surface area contributed by atoms with Crippen LogP contribution < -0.4 is 20.5 Å². The van der Waals surface area contributed by atoms with E-state index in [0.29, 0.717) is 11.8 Å². The van der Waals surface area contributed by atoms with Crippen LogP contribution in [0.25, 0.3) is 0 Å². The van der Waals surface area contributed by atoms with Crippen molar-refractivity contribution in [3.05, 3.63) is 17.7 Å². The molecule has 1 heterocycles. The van der Waals surface area contributed by atoms with Crippen LogP contribution in [-0.2, 0) is 0 Å². The Morgan fingerprint density at radius 2 is 1.94 bits per heavy atom. The first-order valence-electron chi connectivity index (χ1n) is 5.51. The molecule has 0 bridgehead atoms. The summed E-state index contributed by atoms with van der Waals surface area (Å²) in [6.07, 6.45) is 2.32. The fraction of sp³-hybridized carbons (Fsp3) is 0.500. The molecule has 0 unspecified atom stereocenters. The van der Waals surface area contributed by atoms with E-state index < -0.39 is 0 Å². The van der Waals surface area contributed by atoms with Crippen molar-refractivity contribution >= 4 is 5.69 Å². The predicted octanol–water partition coefficient (Wildman–Crippen LogP) is 1.71. The van der Waals surface area contributed by atoms with Gasteiger partial charge in [0, 0.05) is 17.8 Å². The van der Waals surface area contributed by atoms with Gasteiger partial charge >= 0.3 is 0 Å². The van der Waals surface area contributed by atoms with Crippen LogP contribution in [0.2, 0.25) is 0 Å². The largest absolute Gasteiger partial charge is 0.493 e. The third-order valence-electron chi connectivity index (χ3n) is 3.02. The van der Waals surface area contributed by atoms with Crippen LogP contribution in [0.4, 0.5) is 5.69 Å². The predicted molar refractivity (Wildman–Crippen MR) is 63.9 cm³/mol. The molecule has 0 amide bonds. The van der Waals surface area contributed by atoms with Crippen molar-refractivity contribution in [3.8, 4) is 11.5 Å². The Hall–Kier alpha value is -1.42. The van der Waals surface area contributed by atoms with E-state index in [1.807, 2.05) is 12.1 Å². The number of rotatable bonds is 3. The second-order valence-corrected chi connectivity index (χ2v) is 3.99. The topological polar surface area (TPSA) is 56.5 Å². The molecule has 3 N–H and O–H groups in total. The molecule has 1 aliphatic rings. The van der Waals surface area contributed by atoms with Crippen molar-refractivity contribution in [2.45, 2.75) is 18.9 Å². The number of benzene rings is 1. The van der Waals surface area contributed by atoms with Gasteiger partial charge in [0.2, 0.25) is 0 Å². The lowest BCUT2D eigenvalue weighted by Crippen LogP contribution is -2.14. The van der Waals surface area contributed by atoms with Crippen molar-refractivity contribution in [2.75, 3.05) is 26.5 Å². The van der Waals surface area contributed by atoms with Gasteiger partial charge in [0.05, 0.1) is 14.2 Å². The molecule has 0 radical (unpaired) electrons. The van der Waals surface area contributed by atoms with Gasteiger partial charge in [-0.1, -0.05) is 0 Å². The van der Waals surface area contributed by atoms with E-state index in [1.165, 1.54) is 6.42 Å². The molecule has 0 spiro atoms. The SMILES string of the molecule is COc1cc(N)c([C@@H]2CCCN2)cc1OC. The Balaban J connectivity index is 2.37. The van der Waals surface area contributed by atoms with E-state index >= 15 is 0 Å². The van der Waals surface area contributed by atoms with Crippen molar-refractivity contribution in [3.63, 3.8) is 0 Å². The lowest BCUT2D eigenvalue weighted by molar-refractivity contribution is 0.354. The molecule has 2 rings (SSSR count). The number of ether oxygens (including phenoxy) is 2. The molecule has 4 heteroatoms. The minimum absolute atomic E-state index is 0.347. The fourth-order valence-electron chi connectivity index (χ4n) is 2.16. The summed E-state index contributed by atoms with van der Waals surface area (Å²) in [5.41, 5.74) is 7.89. The summed E-state index contributed by atoms with van der Waals surface area (Å²) in [7, 11) is 3.25. The minimum atomic E-state index is 0.347. The van der Waals surface area contributed by atoms with Crippen LogP contribution in [-0.4, -0.2) is 20.8 Å². The maximum absolute atomic E-state index is 6.02. The minimum Gasteiger partial charge on any atom is -0.493 e. The third-order valence-corrected chi connectivity index (χ3v) is 3.02. The highest BCUT2D eigenvalue weighted by molar-refractivity contribution is 5.59. The lowest BCUT2D eigenvalue weighted by atomic mass is 10.0. The molecule has 0 saturated carbocycles. The Labute approximate surface area is 95.7 Å². The molecule has 16 heavy (non-hydrogen) atoms. The van der Waals surface area contributed by atoms with Crippen LogP contribution in [0.5, 0.6) is 11.5 Å². The van der Waals surface area contributed by atoms with E-state index in [2.05, 4.69) is 5.32 Å². The Bertz CT molecular complexity index is 374. The van der Waals surface area contributed by atoms with Gasteiger partial charge in [0.15, 0.2) is 11.5 Å². The zero-order valence-electron chi connectivity index (χ0n) is 9.75. The molecule has 1 aromatic rings. The summed E-state index contributed by atoms with van der Waals surface area (Å²) in [6.45, 7) is 1.05. The van der Waals surface area contributed by atoms with Crippen LogP contribution in [0.3, 0.4) is 0 Å². The van der Waals surface area contributed by atoms with Gasteiger partial charge in [-0.2, -0.15) is 0 Å². The molecule has 88 valence electrons. The summed E-state index contributed by atoms with van der Waals surface area (Å²) in [5, 5.41) is 3.43. The molecule has 1 fully saturated rings. The number of nitrogen functional groups attached to an aromatic ring is 1. The number of methoxy groups -OCH3 is 2. The van der Waals surface area contributed by atoms with Gasteiger partial charge in [-0.3, -0.25) is 0 Å². The van der Waals surface area contributed by atoms with Crippen molar-refractivity contribution in [1.29, 1.82) is 0 Å². The average Bonchev–Trinajstić information content (AvgIpc) is 2.82. The summed E-state index contributed by atoms with van der Waals surface area (Å²) >= 11 is 0. The second kappa shape index (κ2) is 4.61. The molecule has 0 aliphatic carbocycles. The van der Waals surface area contributed by atoms with Gasteiger partial charge in [-0.05, 0) is 31.0 Å². The molecule has 4 nitrogen and oxygen atoms in total. The van der Waals surface area contributed by atoms with Gasteiger partial charge in [-0.15, -0.1) is 0 Å². The Morgan fingerprint density at radius 3 is 2.50 bits per heavy atom. The maximum atomic E-state index is 6.02. The van der Waals surface area contributed by atoms with Crippen LogP contribution in [0.1, 0.15) is 24.4 Å². The summed E-state index contributed by atoms with van der Waals surface area (Å²) in [5.74, 6) is 1.42. The van der Waals surface area contributed by atoms with Gasteiger partial charge in [0.1, 0.15) is 0 Å². The fourth-order valence-corrected chi connectivity index (χ4v) is 2.16. The lowest BCUT2D eigenvalue weighted by Gasteiger charge is -2.17. The molecule has 1 atom stereocenters. The smallest absolute Gasteiger partial charge is 0.162 e. The first-order chi connectivity index (χ1) is 7.76. The monoisotopic (exact) mass is 222 g/mol.